The standard InChI is InChI=1S/C12H9Cl2N3O4/c1-21-10-3-2-7(4-9(10)17(19)20)6-16-12(18)11(14)8(13)5-15-16/h2-5H,6H2,1H3. The predicted octanol–water partition coefficient (Wildman–Crippen LogP) is 2.52. The lowest BCUT2D eigenvalue weighted by Gasteiger charge is -2.07. The number of rotatable bonds is 4. The fraction of sp³-hybridized carbons (Fsp3) is 0.167. The molecule has 0 aliphatic heterocycles. The summed E-state index contributed by atoms with van der Waals surface area (Å²) in [5.41, 5.74) is -0.249. The van der Waals surface area contributed by atoms with Gasteiger partial charge in [0.15, 0.2) is 5.75 Å². The maximum atomic E-state index is 11.9. The molecule has 1 heterocycles. The van der Waals surface area contributed by atoms with Crippen LogP contribution < -0.4 is 10.3 Å². The highest BCUT2D eigenvalue weighted by atomic mass is 35.5. The van der Waals surface area contributed by atoms with E-state index in [1.807, 2.05) is 0 Å². The molecule has 0 saturated carbocycles. The number of halogens is 2. The van der Waals surface area contributed by atoms with Gasteiger partial charge < -0.3 is 4.74 Å². The number of methoxy groups -OCH3 is 1. The van der Waals surface area contributed by atoms with Crippen LogP contribution in [-0.2, 0) is 6.54 Å². The van der Waals surface area contributed by atoms with Crippen LogP contribution in [0.1, 0.15) is 5.56 Å². The minimum absolute atomic E-state index is 0.0283. The second-order valence-electron chi connectivity index (χ2n) is 4.03. The third-order valence-corrected chi connectivity index (χ3v) is 3.46. The van der Waals surface area contributed by atoms with Gasteiger partial charge in [-0.05, 0) is 11.6 Å². The lowest BCUT2D eigenvalue weighted by Crippen LogP contribution is -2.23. The smallest absolute Gasteiger partial charge is 0.311 e. The Morgan fingerprint density at radius 1 is 1.43 bits per heavy atom. The van der Waals surface area contributed by atoms with Crippen molar-refractivity contribution in [2.45, 2.75) is 6.54 Å². The Balaban J connectivity index is 2.41. The summed E-state index contributed by atoms with van der Waals surface area (Å²) in [5.74, 6) is 0.137. The normalized spacial score (nSPS) is 10.4. The fourth-order valence-corrected chi connectivity index (χ4v) is 1.98. The second-order valence-corrected chi connectivity index (χ2v) is 4.82. The molecule has 21 heavy (non-hydrogen) atoms. The van der Waals surface area contributed by atoms with Gasteiger partial charge in [0.25, 0.3) is 5.56 Å². The van der Waals surface area contributed by atoms with Crippen molar-refractivity contribution in [3.05, 3.63) is 60.5 Å². The molecule has 0 fully saturated rings. The summed E-state index contributed by atoms with van der Waals surface area (Å²) in [7, 11) is 1.34. The number of nitrogens with zero attached hydrogens (tertiary/aromatic N) is 3. The molecule has 0 unspecified atom stereocenters. The summed E-state index contributed by atoms with van der Waals surface area (Å²) in [6.07, 6.45) is 1.24. The van der Waals surface area contributed by atoms with E-state index in [1.165, 1.54) is 25.4 Å². The van der Waals surface area contributed by atoms with Crippen molar-refractivity contribution in [2.24, 2.45) is 0 Å². The lowest BCUT2D eigenvalue weighted by atomic mass is 10.2. The number of hydrogen-bond donors (Lipinski definition) is 0. The van der Waals surface area contributed by atoms with E-state index in [9.17, 15) is 14.9 Å². The molecule has 110 valence electrons. The maximum Gasteiger partial charge on any atom is 0.311 e. The zero-order chi connectivity index (χ0) is 15.6. The summed E-state index contributed by atoms with van der Waals surface area (Å²) in [6, 6.07) is 4.37. The maximum absolute atomic E-state index is 11.9. The molecule has 0 N–H and O–H groups in total. The topological polar surface area (TPSA) is 87.3 Å². The van der Waals surface area contributed by atoms with Gasteiger partial charge in [0, 0.05) is 6.07 Å². The molecule has 0 atom stereocenters. The van der Waals surface area contributed by atoms with Gasteiger partial charge in [-0.1, -0.05) is 29.3 Å². The highest BCUT2D eigenvalue weighted by molar-refractivity contribution is 6.41. The van der Waals surface area contributed by atoms with Crippen molar-refractivity contribution < 1.29 is 9.66 Å². The molecular weight excluding hydrogens is 321 g/mol. The molecule has 0 radical (unpaired) electrons. The van der Waals surface area contributed by atoms with E-state index in [0.717, 1.165) is 4.68 Å². The monoisotopic (exact) mass is 329 g/mol. The Kier molecular flexibility index (Phi) is 4.44. The third kappa shape index (κ3) is 3.14. The number of nitro benzene ring substituents is 1. The molecular formula is C12H9Cl2N3O4. The zero-order valence-corrected chi connectivity index (χ0v) is 12.3. The average Bonchev–Trinajstić information content (AvgIpc) is 2.47. The van der Waals surface area contributed by atoms with Gasteiger partial charge in [-0.15, -0.1) is 0 Å². The zero-order valence-electron chi connectivity index (χ0n) is 10.7. The largest absolute Gasteiger partial charge is 0.490 e. The quantitative estimate of drug-likeness (QED) is 0.635. The molecule has 0 amide bonds. The van der Waals surface area contributed by atoms with Crippen molar-refractivity contribution in [1.82, 2.24) is 9.78 Å². The first-order chi connectivity index (χ1) is 9.93. The minimum Gasteiger partial charge on any atom is -0.490 e. The van der Waals surface area contributed by atoms with E-state index in [2.05, 4.69) is 5.10 Å². The number of aromatic nitrogens is 2. The van der Waals surface area contributed by atoms with Crippen LogP contribution in [0.3, 0.4) is 0 Å². The highest BCUT2D eigenvalue weighted by Gasteiger charge is 2.16. The van der Waals surface area contributed by atoms with Gasteiger partial charge >= 0.3 is 5.69 Å². The Bertz CT molecular complexity index is 761. The molecule has 0 aliphatic carbocycles. The molecule has 2 aromatic rings. The molecule has 7 nitrogen and oxygen atoms in total. The molecule has 1 aromatic carbocycles. The molecule has 0 aliphatic rings. The Labute approximate surface area is 128 Å². The molecule has 0 bridgehead atoms. The first-order valence-corrected chi connectivity index (χ1v) is 6.42. The van der Waals surface area contributed by atoms with Crippen LogP contribution in [0.15, 0.2) is 29.2 Å². The van der Waals surface area contributed by atoms with E-state index in [-0.39, 0.29) is 28.0 Å². The second kappa shape index (κ2) is 6.11. The van der Waals surface area contributed by atoms with Crippen LogP contribution in [0.25, 0.3) is 0 Å². The van der Waals surface area contributed by atoms with Crippen LogP contribution in [0.4, 0.5) is 5.69 Å². The van der Waals surface area contributed by atoms with Crippen molar-refractivity contribution in [2.75, 3.05) is 7.11 Å². The predicted molar refractivity (Wildman–Crippen MR) is 77.3 cm³/mol. The van der Waals surface area contributed by atoms with Gasteiger partial charge in [-0.25, -0.2) is 4.68 Å². The first kappa shape index (κ1) is 15.3. The van der Waals surface area contributed by atoms with Crippen molar-refractivity contribution in [1.29, 1.82) is 0 Å². The lowest BCUT2D eigenvalue weighted by molar-refractivity contribution is -0.385. The number of nitro groups is 1. The van der Waals surface area contributed by atoms with E-state index < -0.39 is 10.5 Å². The van der Waals surface area contributed by atoms with E-state index in [4.69, 9.17) is 27.9 Å². The molecule has 0 spiro atoms. The molecule has 0 saturated heterocycles. The fourth-order valence-electron chi connectivity index (χ4n) is 1.71. The Morgan fingerprint density at radius 2 is 2.14 bits per heavy atom. The Morgan fingerprint density at radius 3 is 2.76 bits per heavy atom. The molecule has 2 rings (SSSR count). The summed E-state index contributed by atoms with van der Waals surface area (Å²) in [5, 5.41) is 14.7. The van der Waals surface area contributed by atoms with Gasteiger partial charge in [0.1, 0.15) is 5.02 Å². The van der Waals surface area contributed by atoms with Crippen LogP contribution in [-0.4, -0.2) is 21.8 Å². The Hall–Kier alpha value is -2.12. The average molecular weight is 330 g/mol. The van der Waals surface area contributed by atoms with Gasteiger partial charge in [-0.3, -0.25) is 14.9 Å². The summed E-state index contributed by atoms with van der Waals surface area (Å²) >= 11 is 11.4. The SMILES string of the molecule is COc1ccc(Cn2ncc(Cl)c(Cl)c2=O)cc1[N+](=O)[O-]. The van der Waals surface area contributed by atoms with Crippen molar-refractivity contribution in [3.63, 3.8) is 0 Å². The summed E-state index contributed by atoms with van der Waals surface area (Å²) < 4.78 is 5.98. The highest BCUT2D eigenvalue weighted by Crippen LogP contribution is 2.27. The van der Waals surface area contributed by atoms with Gasteiger partial charge in [-0.2, -0.15) is 5.10 Å². The number of ether oxygens (including phenoxy) is 1. The number of hydrogen-bond acceptors (Lipinski definition) is 5. The number of benzene rings is 1. The summed E-state index contributed by atoms with van der Waals surface area (Å²) in [6.45, 7) is 0.0283. The van der Waals surface area contributed by atoms with Crippen LogP contribution in [0, 0.1) is 10.1 Å². The summed E-state index contributed by atoms with van der Waals surface area (Å²) in [4.78, 5) is 22.3. The molecule has 1 aromatic heterocycles. The van der Waals surface area contributed by atoms with Gasteiger partial charge in [0.2, 0.25) is 0 Å². The van der Waals surface area contributed by atoms with Crippen LogP contribution >= 0.6 is 23.2 Å². The third-order valence-electron chi connectivity index (χ3n) is 2.71. The van der Waals surface area contributed by atoms with Crippen LogP contribution in [0.2, 0.25) is 10.0 Å². The van der Waals surface area contributed by atoms with Crippen LogP contribution in [0.5, 0.6) is 5.75 Å². The first-order valence-electron chi connectivity index (χ1n) is 5.66. The van der Waals surface area contributed by atoms with Crippen molar-refractivity contribution >= 4 is 28.9 Å². The van der Waals surface area contributed by atoms with E-state index >= 15 is 0 Å². The van der Waals surface area contributed by atoms with E-state index in [1.54, 1.807) is 6.07 Å². The van der Waals surface area contributed by atoms with E-state index in [0.29, 0.717) is 5.56 Å². The van der Waals surface area contributed by atoms with Gasteiger partial charge in [0.05, 0.1) is 29.8 Å². The minimum atomic E-state index is -0.567. The van der Waals surface area contributed by atoms with Crippen molar-refractivity contribution in [3.8, 4) is 5.75 Å². The molecule has 9 heteroatoms.